The van der Waals surface area contributed by atoms with Crippen molar-refractivity contribution in [2.24, 2.45) is 5.92 Å². The number of nitrogens with one attached hydrogen (secondary N) is 2. The topological polar surface area (TPSA) is 59.6 Å². The number of carbonyl (C=O) groups is 1. The number of aryl methyl sites for hydroxylation is 1. The van der Waals surface area contributed by atoms with Gasteiger partial charge in [-0.05, 0) is 57.1 Å². The molecule has 0 radical (unpaired) electrons. The lowest BCUT2D eigenvalue weighted by atomic mass is 10.0. The molecular formula is C18H26N2O3. The fourth-order valence-electron chi connectivity index (χ4n) is 3.10. The molecule has 1 aromatic carbocycles. The maximum atomic E-state index is 12.2. The molecule has 1 heterocycles. The molecule has 2 amide bonds. The summed E-state index contributed by atoms with van der Waals surface area (Å²) in [5.74, 6) is 1.53. The van der Waals surface area contributed by atoms with Gasteiger partial charge in [-0.3, -0.25) is 0 Å². The second kappa shape index (κ2) is 7.21. The second-order valence-corrected chi connectivity index (χ2v) is 6.48. The summed E-state index contributed by atoms with van der Waals surface area (Å²) in [6, 6.07) is 5.77. The largest absolute Gasteiger partial charge is 0.494 e. The standard InChI is InChI=1S/C18H26N2O3/c1-3-22-16-10-14(7-4-12(16)2)19-18(21)20-15-8-9-23-17(11-15)13-5-6-13/h4,7,10,13,15,17H,3,5-6,8-9,11H2,1-2H3,(H2,19,20,21)/t15-,17-/m1/s1. The van der Waals surface area contributed by atoms with Gasteiger partial charge in [0.2, 0.25) is 0 Å². The molecule has 23 heavy (non-hydrogen) atoms. The molecular weight excluding hydrogens is 292 g/mol. The van der Waals surface area contributed by atoms with E-state index in [0.29, 0.717) is 18.6 Å². The van der Waals surface area contributed by atoms with Crippen LogP contribution in [-0.2, 0) is 4.74 Å². The van der Waals surface area contributed by atoms with Crippen molar-refractivity contribution >= 4 is 11.7 Å². The van der Waals surface area contributed by atoms with E-state index < -0.39 is 0 Å². The number of hydrogen-bond donors (Lipinski definition) is 2. The minimum absolute atomic E-state index is 0.155. The summed E-state index contributed by atoms with van der Waals surface area (Å²) in [6.07, 6.45) is 4.68. The van der Waals surface area contributed by atoms with E-state index in [4.69, 9.17) is 9.47 Å². The number of anilines is 1. The van der Waals surface area contributed by atoms with Gasteiger partial charge in [-0.15, -0.1) is 0 Å². The highest BCUT2D eigenvalue weighted by Gasteiger charge is 2.36. The molecule has 1 aliphatic carbocycles. The van der Waals surface area contributed by atoms with E-state index in [1.54, 1.807) is 0 Å². The summed E-state index contributed by atoms with van der Waals surface area (Å²) in [7, 11) is 0. The molecule has 5 heteroatoms. The molecule has 1 saturated heterocycles. The average Bonchev–Trinajstić information content (AvgIpc) is 3.36. The number of benzene rings is 1. The van der Waals surface area contributed by atoms with E-state index in [0.717, 1.165) is 36.4 Å². The molecule has 0 aromatic heterocycles. The molecule has 2 fully saturated rings. The number of rotatable bonds is 5. The van der Waals surface area contributed by atoms with Crippen molar-refractivity contribution in [3.05, 3.63) is 23.8 Å². The fourth-order valence-corrected chi connectivity index (χ4v) is 3.10. The van der Waals surface area contributed by atoms with Crippen LogP contribution >= 0.6 is 0 Å². The van der Waals surface area contributed by atoms with Crippen molar-refractivity contribution in [1.29, 1.82) is 0 Å². The quantitative estimate of drug-likeness (QED) is 0.874. The Labute approximate surface area is 137 Å². The Morgan fingerprint density at radius 2 is 2.17 bits per heavy atom. The lowest BCUT2D eigenvalue weighted by Gasteiger charge is -2.30. The van der Waals surface area contributed by atoms with Gasteiger partial charge in [-0.2, -0.15) is 0 Å². The molecule has 1 aromatic rings. The Balaban J connectivity index is 1.53. The molecule has 126 valence electrons. The Hall–Kier alpha value is -1.75. The molecule has 0 bridgehead atoms. The first kappa shape index (κ1) is 16.1. The summed E-state index contributed by atoms with van der Waals surface area (Å²) >= 11 is 0. The van der Waals surface area contributed by atoms with Crippen molar-refractivity contribution in [1.82, 2.24) is 5.32 Å². The minimum Gasteiger partial charge on any atom is -0.494 e. The van der Waals surface area contributed by atoms with Crippen molar-refractivity contribution in [3.8, 4) is 5.75 Å². The van der Waals surface area contributed by atoms with Gasteiger partial charge in [0, 0.05) is 24.4 Å². The minimum atomic E-state index is -0.155. The normalized spacial score (nSPS) is 24.1. The zero-order chi connectivity index (χ0) is 16.2. The van der Waals surface area contributed by atoms with E-state index >= 15 is 0 Å². The molecule has 2 aliphatic rings. The molecule has 5 nitrogen and oxygen atoms in total. The van der Waals surface area contributed by atoms with Crippen LogP contribution in [0.4, 0.5) is 10.5 Å². The summed E-state index contributed by atoms with van der Waals surface area (Å²) in [5, 5.41) is 5.98. The van der Waals surface area contributed by atoms with Crippen LogP contribution in [-0.4, -0.2) is 31.4 Å². The monoisotopic (exact) mass is 318 g/mol. The lowest BCUT2D eigenvalue weighted by Crippen LogP contribution is -2.44. The Kier molecular flexibility index (Phi) is 5.06. The van der Waals surface area contributed by atoms with Crippen molar-refractivity contribution in [2.75, 3.05) is 18.5 Å². The smallest absolute Gasteiger partial charge is 0.319 e. The van der Waals surface area contributed by atoms with Crippen LogP contribution in [0.3, 0.4) is 0 Å². The Morgan fingerprint density at radius 3 is 2.91 bits per heavy atom. The fraction of sp³-hybridized carbons (Fsp3) is 0.611. The van der Waals surface area contributed by atoms with Crippen LogP contribution in [0.5, 0.6) is 5.75 Å². The molecule has 1 saturated carbocycles. The molecule has 0 unspecified atom stereocenters. The summed E-state index contributed by atoms with van der Waals surface area (Å²) in [5.41, 5.74) is 1.82. The number of ether oxygens (including phenoxy) is 2. The number of urea groups is 1. The number of carbonyl (C=O) groups excluding carboxylic acids is 1. The number of amides is 2. The van der Waals surface area contributed by atoms with E-state index in [2.05, 4.69) is 10.6 Å². The zero-order valence-corrected chi connectivity index (χ0v) is 13.9. The average molecular weight is 318 g/mol. The van der Waals surface area contributed by atoms with E-state index in [1.807, 2.05) is 32.0 Å². The van der Waals surface area contributed by atoms with Gasteiger partial charge >= 0.3 is 6.03 Å². The van der Waals surface area contributed by atoms with Crippen molar-refractivity contribution in [2.45, 2.75) is 51.7 Å². The number of hydrogen-bond acceptors (Lipinski definition) is 3. The summed E-state index contributed by atoms with van der Waals surface area (Å²) < 4.78 is 11.4. The highest BCUT2D eigenvalue weighted by atomic mass is 16.5. The van der Waals surface area contributed by atoms with Crippen LogP contribution in [0.15, 0.2) is 18.2 Å². The Morgan fingerprint density at radius 1 is 1.35 bits per heavy atom. The maximum Gasteiger partial charge on any atom is 0.319 e. The lowest BCUT2D eigenvalue weighted by molar-refractivity contribution is -0.00889. The maximum absolute atomic E-state index is 12.2. The van der Waals surface area contributed by atoms with Gasteiger partial charge in [0.25, 0.3) is 0 Å². The highest BCUT2D eigenvalue weighted by molar-refractivity contribution is 5.89. The van der Waals surface area contributed by atoms with Crippen LogP contribution in [0, 0.1) is 12.8 Å². The SMILES string of the molecule is CCOc1cc(NC(=O)N[C@@H]2CCO[C@@H](C3CC3)C2)ccc1C. The van der Waals surface area contributed by atoms with Gasteiger partial charge in [0.15, 0.2) is 0 Å². The first-order valence-electron chi connectivity index (χ1n) is 8.58. The summed E-state index contributed by atoms with van der Waals surface area (Å²) in [6.45, 7) is 5.30. The molecule has 1 aliphatic heterocycles. The first-order chi connectivity index (χ1) is 11.2. The molecule has 2 atom stereocenters. The zero-order valence-electron chi connectivity index (χ0n) is 13.9. The Bertz CT molecular complexity index is 557. The van der Waals surface area contributed by atoms with Crippen LogP contribution < -0.4 is 15.4 Å². The van der Waals surface area contributed by atoms with Gasteiger partial charge in [-0.25, -0.2) is 4.79 Å². The van der Waals surface area contributed by atoms with Crippen LogP contribution in [0.25, 0.3) is 0 Å². The molecule has 2 N–H and O–H groups in total. The predicted octanol–water partition coefficient (Wildman–Crippen LogP) is 3.47. The third-order valence-electron chi connectivity index (χ3n) is 4.54. The molecule has 3 rings (SSSR count). The van der Waals surface area contributed by atoms with Crippen LogP contribution in [0.1, 0.15) is 38.2 Å². The molecule has 0 spiro atoms. The third-order valence-corrected chi connectivity index (χ3v) is 4.54. The first-order valence-corrected chi connectivity index (χ1v) is 8.58. The van der Waals surface area contributed by atoms with E-state index in [9.17, 15) is 4.79 Å². The van der Waals surface area contributed by atoms with Gasteiger partial charge in [0.05, 0.1) is 12.7 Å². The van der Waals surface area contributed by atoms with Gasteiger partial charge < -0.3 is 20.1 Å². The summed E-state index contributed by atoms with van der Waals surface area (Å²) in [4.78, 5) is 12.2. The van der Waals surface area contributed by atoms with Crippen LogP contribution in [0.2, 0.25) is 0 Å². The van der Waals surface area contributed by atoms with Crippen molar-refractivity contribution < 1.29 is 14.3 Å². The van der Waals surface area contributed by atoms with Gasteiger partial charge in [0.1, 0.15) is 5.75 Å². The van der Waals surface area contributed by atoms with E-state index in [-0.39, 0.29) is 12.1 Å². The second-order valence-electron chi connectivity index (χ2n) is 6.48. The third kappa shape index (κ3) is 4.38. The van der Waals surface area contributed by atoms with Crippen molar-refractivity contribution in [3.63, 3.8) is 0 Å². The predicted molar refractivity (Wildman–Crippen MR) is 90.0 cm³/mol. The van der Waals surface area contributed by atoms with Gasteiger partial charge in [-0.1, -0.05) is 6.07 Å². The van der Waals surface area contributed by atoms with E-state index in [1.165, 1.54) is 12.8 Å². The highest BCUT2D eigenvalue weighted by Crippen LogP contribution is 2.38.